The number of fused-ring (bicyclic) bond motifs is 1. The number of nitrogens with one attached hydrogen (secondary N) is 1. The van der Waals surface area contributed by atoms with Crippen molar-refractivity contribution in [2.75, 3.05) is 23.9 Å². The van der Waals surface area contributed by atoms with Crippen LogP contribution >= 0.6 is 0 Å². The van der Waals surface area contributed by atoms with Crippen LogP contribution in [0, 0.1) is 0 Å². The molecule has 0 aliphatic carbocycles. The third-order valence-electron chi connectivity index (χ3n) is 4.31. The number of hydrogen-bond acceptors (Lipinski definition) is 6. The van der Waals surface area contributed by atoms with Crippen molar-refractivity contribution in [3.05, 3.63) is 48.7 Å². The summed E-state index contributed by atoms with van der Waals surface area (Å²) in [4.78, 5) is 4.39. The molecule has 1 aromatic heterocycles. The van der Waals surface area contributed by atoms with Gasteiger partial charge in [0.2, 0.25) is 0 Å². The molecular formula is C20H23N3O3S. The summed E-state index contributed by atoms with van der Waals surface area (Å²) < 4.78 is 22.4. The van der Waals surface area contributed by atoms with E-state index in [0.717, 1.165) is 16.6 Å². The second-order valence-electron chi connectivity index (χ2n) is 6.05. The maximum absolute atomic E-state index is 12.7. The maximum Gasteiger partial charge on any atom is 0.124 e. The summed E-state index contributed by atoms with van der Waals surface area (Å²) in [5, 5.41) is 14.0. The number of rotatable bonds is 6. The average Bonchev–Trinajstić information content (AvgIpc) is 2.68. The zero-order chi connectivity index (χ0) is 19.4. The van der Waals surface area contributed by atoms with Crippen LogP contribution in [-0.4, -0.2) is 32.9 Å². The molecule has 0 aliphatic rings. The molecule has 0 unspecified atom stereocenters. The van der Waals surface area contributed by atoms with Crippen LogP contribution in [0.2, 0.25) is 0 Å². The Hall–Kier alpha value is -2.80. The third kappa shape index (κ3) is 4.31. The molecule has 0 saturated carbocycles. The lowest BCUT2D eigenvalue weighted by atomic mass is 10.1. The Balaban J connectivity index is 2.07. The summed E-state index contributed by atoms with van der Waals surface area (Å²) in [5.41, 5.74) is 2.96. The number of phenolic OH excluding ortho intramolecular Hbond substituents is 1. The SMILES string of the molecule is CCS(=O)(CC)=Nc1ccc2nccc(Nc3cc(O)cc(OC)c3)c2c1. The van der Waals surface area contributed by atoms with Crippen molar-refractivity contribution in [2.24, 2.45) is 4.36 Å². The van der Waals surface area contributed by atoms with E-state index in [4.69, 9.17) is 4.74 Å². The van der Waals surface area contributed by atoms with Gasteiger partial charge in [0, 0.05) is 52.7 Å². The maximum atomic E-state index is 12.7. The number of ether oxygens (including phenoxy) is 1. The molecule has 0 bridgehead atoms. The predicted molar refractivity (Wildman–Crippen MR) is 111 cm³/mol. The highest BCUT2D eigenvalue weighted by Crippen LogP contribution is 2.32. The van der Waals surface area contributed by atoms with Crippen LogP contribution in [0.4, 0.5) is 17.1 Å². The van der Waals surface area contributed by atoms with Gasteiger partial charge < -0.3 is 15.2 Å². The fourth-order valence-corrected chi connectivity index (χ4v) is 3.92. The third-order valence-corrected chi connectivity index (χ3v) is 6.65. The van der Waals surface area contributed by atoms with Crippen LogP contribution in [0.1, 0.15) is 13.8 Å². The molecule has 2 N–H and O–H groups in total. The number of pyridine rings is 1. The van der Waals surface area contributed by atoms with Gasteiger partial charge in [-0.2, -0.15) is 4.36 Å². The number of phenols is 1. The van der Waals surface area contributed by atoms with Gasteiger partial charge in [-0.3, -0.25) is 4.98 Å². The van der Waals surface area contributed by atoms with Crippen molar-refractivity contribution < 1.29 is 14.1 Å². The van der Waals surface area contributed by atoms with Gasteiger partial charge in [-0.1, -0.05) is 13.8 Å². The molecule has 0 fully saturated rings. The molecule has 0 amide bonds. The Bertz CT molecular complexity index is 1080. The van der Waals surface area contributed by atoms with Gasteiger partial charge in [-0.25, -0.2) is 4.21 Å². The van der Waals surface area contributed by atoms with Crippen molar-refractivity contribution >= 4 is 37.7 Å². The van der Waals surface area contributed by atoms with E-state index in [1.54, 1.807) is 31.5 Å². The molecule has 0 radical (unpaired) electrons. The summed E-state index contributed by atoms with van der Waals surface area (Å²) >= 11 is 0. The molecule has 2 aromatic carbocycles. The van der Waals surface area contributed by atoms with E-state index in [9.17, 15) is 9.32 Å². The van der Waals surface area contributed by atoms with Crippen molar-refractivity contribution in [1.82, 2.24) is 4.98 Å². The van der Waals surface area contributed by atoms with E-state index in [1.165, 1.54) is 0 Å². The Morgan fingerprint density at radius 3 is 2.63 bits per heavy atom. The quantitative estimate of drug-likeness (QED) is 0.635. The second kappa shape index (κ2) is 7.84. The lowest BCUT2D eigenvalue weighted by Gasteiger charge is -2.12. The molecule has 3 aromatic rings. The second-order valence-corrected chi connectivity index (χ2v) is 8.93. The Morgan fingerprint density at radius 1 is 1.15 bits per heavy atom. The molecule has 1 heterocycles. The molecular weight excluding hydrogens is 362 g/mol. The van der Waals surface area contributed by atoms with Gasteiger partial charge in [0.25, 0.3) is 0 Å². The average molecular weight is 385 g/mol. The molecule has 0 aliphatic heterocycles. The monoisotopic (exact) mass is 385 g/mol. The minimum atomic E-state index is -2.24. The lowest BCUT2D eigenvalue weighted by molar-refractivity contribution is 0.408. The highest BCUT2D eigenvalue weighted by Gasteiger charge is 2.08. The van der Waals surface area contributed by atoms with Crippen LogP contribution in [0.3, 0.4) is 0 Å². The zero-order valence-electron chi connectivity index (χ0n) is 15.6. The molecule has 3 rings (SSSR count). The van der Waals surface area contributed by atoms with E-state index >= 15 is 0 Å². The molecule has 142 valence electrons. The molecule has 6 nitrogen and oxygen atoms in total. The van der Waals surface area contributed by atoms with E-state index < -0.39 is 9.73 Å². The number of methoxy groups -OCH3 is 1. The number of aromatic nitrogens is 1. The van der Waals surface area contributed by atoms with E-state index in [2.05, 4.69) is 14.7 Å². The van der Waals surface area contributed by atoms with Crippen molar-refractivity contribution in [1.29, 1.82) is 0 Å². The van der Waals surface area contributed by atoms with Gasteiger partial charge in [-0.05, 0) is 24.3 Å². The minimum absolute atomic E-state index is 0.108. The number of benzene rings is 2. The number of aromatic hydroxyl groups is 1. The summed E-state index contributed by atoms with van der Waals surface area (Å²) in [6.07, 6.45) is 1.71. The van der Waals surface area contributed by atoms with Gasteiger partial charge in [-0.15, -0.1) is 0 Å². The molecule has 0 spiro atoms. The summed E-state index contributed by atoms with van der Waals surface area (Å²) in [6, 6.07) is 12.4. The van der Waals surface area contributed by atoms with Gasteiger partial charge in [0.15, 0.2) is 0 Å². The highest BCUT2D eigenvalue weighted by molar-refractivity contribution is 7.93. The van der Waals surface area contributed by atoms with Gasteiger partial charge in [0.05, 0.1) is 28.0 Å². The predicted octanol–water partition coefficient (Wildman–Crippen LogP) is 4.83. The van der Waals surface area contributed by atoms with E-state index in [-0.39, 0.29) is 5.75 Å². The van der Waals surface area contributed by atoms with Crippen LogP contribution in [0.5, 0.6) is 11.5 Å². The fourth-order valence-electron chi connectivity index (χ4n) is 2.75. The summed E-state index contributed by atoms with van der Waals surface area (Å²) in [5.74, 6) is 1.69. The topological polar surface area (TPSA) is 83.8 Å². The summed E-state index contributed by atoms with van der Waals surface area (Å²) in [6.45, 7) is 3.78. The van der Waals surface area contributed by atoms with Crippen molar-refractivity contribution in [2.45, 2.75) is 13.8 Å². The van der Waals surface area contributed by atoms with Gasteiger partial charge >= 0.3 is 0 Å². The Morgan fingerprint density at radius 2 is 1.93 bits per heavy atom. The van der Waals surface area contributed by atoms with Crippen molar-refractivity contribution in [3.8, 4) is 11.5 Å². The highest BCUT2D eigenvalue weighted by atomic mass is 32.2. The molecule has 0 atom stereocenters. The zero-order valence-corrected chi connectivity index (χ0v) is 16.4. The minimum Gasteiger partial charge on any atom is -0.508 e. The molecule has 27 heavy (non-hydrogen) atoms. The first-order valence-electron chi connectivity index (χ1n) is 8.72. The standard InChI is InChI=1S/C20H23N3O3S/c1-4-27(25,5-2)23-14-6-7-19-18(12-14)20(8-9-21-19)22-15-10-16(24)13-17(11-15)26-3/h6-13,24H,4-5H2,1-3H3,(H,21,22). The Kier molecular flexibility index (Phi) is 5.51. The van der Waals surface area contributed by atoms with Gasteiger partial charge in [0.1, 0.15) is 11.5 Å². The normalized spacial score (nSPS) is 11.4. The summed E-state index contributed by atoms with van der Waals surface area (Å²) in [7, 11) is -0.690. The van der Waals surface area contributed by atoms with E-state index in [1.807, 2.05) is 38.1 Å². The van der Waals surface area contributed by atoms with Crippen LogP contribution < -0.4 is 10.1 Å². The largest absolute Gasteiger partial charge is 0.508 e. The van der Waals surface area contributed by atoms with Crippen LogP contribution in [0.25, 0.3) is 10.9 Å². The van der Waals surface area contributed by atoms with Crippen LogP contribution in [0.15, 0.2) is 53.0 Å². The molecule has 0 saturated heterocycles. The number of nitrogens with zero attached hydrogens (tertiary/aromatic N) is 2. The first-order chi connectivity index (χ1) is 13.0. The number of anilines is 2. The Labute approximate surface area is 159 Å². The van der Waals surface area contributed by atoms with Crippen molar-refractivity contribution in [3.63, 3.8) is 0 Å². The molecule has 7 heteroatoms. The first-order valence-corrected chi connectivity index (χ1v) is 10.6. The first kappa shape index (κ1) is 19.0. The lowest BCUT2D eigenvalue weighted by Crippen LogP contribution is -2.04. The smallest absolute Gasteiger partial charge is 0.124 e. The number of hydrogen-bond donors (Lipinski definition) is 2. The van der Waals surface area contributed by atoms with E-state index in [0.29, 0.717) is 28.6 Å². The fraction of sp³-hybridized carbons (Fsp3) is 0.250. The van der Waals surface area contributed by atoms with Crippen LogP contribution in [-0.2, 0) is 9.73 Å².